The summed E-state index contributed by atoms with van der Waals surface area (Å²) in [6, 6.07) is 8.32. The maximum absolute atomic E-state index is 9.67. The fourth-order valence-corrected chi connectivity index (χ4v) is 3.22. The molecule has 0 amide bonds. The Morgan fingerprint density at radius 1 is 1.47 bits per heavy atom. The second kappa shape index (κ2) is 3.25. The van der Waals surface area contributed by atoms with Crippen molar-refractivity contribution in [2.75, 3.05) is 5.75 Å². The molecule has 15 heavy (non-hydrogen) atoms. The average molecular weight is 221 g/mol. The minimum absolute atomic E-state index is 0.224. The Hall–Kier alpha value is -1.00. The molecule has 0 saturated heterocycles. The van der Waals surface area contributed by atoms with Crippen LogP contribution in [0.3, 0.4) is 0 Å². The first kappa shape index (κ1) is 9.24. The lowest BCUT2D eigenvalue weighted by Gasteiger charge is -2.13. The van der Waals surface area contributed by atoms with Crippen molar-refractivity contribution in [3.05, 3.63) is 24.3 Å². The van der Waals surface area contributed by atoms with Gasteiger partial charge >= 0.3 is 5.16 Å². The predicted molar refractivity (Wildman–Crippen MR) is 59.8 cm³/mol. The summed E-state index contributed by atoms with van der Waals surface area (Å²) in [4.78, 5) is 0. The molecule has 0 unspecified atom stereocenters. The fraction of sp³-hybridized carbons (Fsp3) is 0.364. The molecular weight excluding hydrogens is 208 g/mol. The summed E-state index contributed by atoms with van der Waals surface area (Å²) in [6.45, 7) is 0.712. The summed E-state index contributed by atoms with van der Waals surface area (Å²) in [7, 11) is 2.08. The van der Waals surface area contributed by atoms with Crippen LogP contribution in [0.15, 0.2) is 29.4 Å². The smallest absolute Gasteiger partial charge is 0.318 e. The van der Waals surface area contributed by atoms with E-state index in [2.05, 4.69) is 34.4 Å². The van der Waals surface area contributed by atoms with Crippen molar-refractivity contribution in [3.8, 4) is 0 Å². The second-order valence-electron chi connectivity index (χ2n) is 3.91. The van der Waals surface area contributed by atoms with Gasteiger partial charge in [-0.25, -0.2) is 9.13 Å². The van der Waals surface area contributed by atoms with E-state index in [9.17, 15) is 5.11 Å². The largest absolute Gasteiger partial charge is 0.388 e. The number of thioether (sulfide) groups is 1. The Labute approximate surface area is 92.3 Å². The van der Waals surface area contributed by atoms with Crippen LogP contribution in [0.25, 0.3) is 11.0 Å². The summed E-state index contributed by atoms with van der Waals surface area (Å²) in [5.74, 6) is 0.796. The van der Waals surface area contributed by atoms with E-state index < -0.39 is 0 Å². The van der Waals surface area contributed by atoms with Crippen LogP contribution in [0.5, 0.6) is 0 Å². The Morgan fingerprint density at radius 2 is 2.27 bits per heavy atom. The van der Waals surface area contributed by atoms with Gasteiger partial charge < -0.3 is 5.11 Å². The van der Waals surface area contributed by atoms with Crippen LogP contribution >= 0.6 is 11.8 Å². The lowest BCUT2D eigenvalue weighted by atomic mass is 10.3. The molecule has 0 spiro atoms. The molecule has 1 aliphatic heterocycles. The van der Waals surface area contributed by atoms with Crippen molar-refractivity contribution < 1.29 is 9.67 Å². The van der Waals surface area contributed by atoms with E-state index in [-0.39, 0.29) is 6.10 Å². The standard InChI is InChI=1S/C11H13N2OS/c1-12-9-4-2-3-5-10(9)13-6-8(14)7-15-11(12)13/h2-5,8,14H,6-7H2,1H3/q+1/t8-/m1/s1. The molecule has 1 N–H and O–H groups in total. The lowest BCUT2D eigenvalue weighted by molar-refractivity contribution is -0.685. The van der Waals surface area contributed by atoms with Crippen molar-refractivity contribution in [2.24, 2.45) is 7.05 Å². The van der Waals surface area contributed by atoms with Crippen molar-refractivity contribution >= 4 is 22.8 Å². The maximum atomic E-state index is 9.67. The molecule has 0 fully saturated rings. The number of aliphatic hydroxyl groups is 1. The highest BCUT2D eigenvalue weighted by atomic mass is 32.2. The molecule has 2 heterocycles. The molecule has 78 valence electrons. The highest BCUT2D eigenvalue weighted by Crippen LogP contribution is 2.27. The molecule has 0 bridgehead atoms. The quantitative estimate of drug-likeness (QED) is 0.671. The molecule has 1 aromatic carbocycles. The van der Waals surface area contributed by atoms with Gasteiger partial charge in [0.05, 0.1) is 7.05 Å². The monoisotopic (exact) mass is 221 g/mol. The number of benzene rings is 1. The molecule has 1 aliphatic rings. The Bertz CT molecular complexity index is 521. The van der Waals surface area contributed by atoms with E-state index in [1.165, 1.54) is 16.2 Å². The summed E-state index contributed by atoms with van der Waals surface area (Å²) >= 11 is 1.73. The third-order valence-corrected chi connectivity index (χ3v) is 4.15. The predicted octanol–water partition coefficient (Wildman–Crippen LogP) is 0.932. The number of aromatic nitrogens is 2. The topological polar surface area (TPSA) is 29.0 Å². The number of aliphatic hydroxyl groups excluding tert-OH is 1. The van der Waals surface area contributed by atoms with Gasteiger partial charge in [-0.2, -0.15) is 0 Å². The van der Waals surface area contributed by atoms with Gasteiger partial charge in [0.1, 0.15) is 12.6 Å². The van der Waals surface area contributed by atoms with Gasteiger partial charge in [-0.15, -0.1) is 0 Å². The van der Waals surface area contributed by atoms with Crippen LogP contribution in [-0.2, 0) is 13.6 Å². The third-order valence-electron chi connectivity index (χ3n) is 2.85. The minimum Gasteiger partial charge on any atom is -0.388 e. The molecule has 1 aromatic heterocycles. The fourth-order valence-electron chi connectivity index (χ4n) is 2.15. The molecule has 4 heteroatoms. The Kier molecular flexibility index (Phi) is 2.00. The van der Waals surface area contributed by atoms with Gasteiger partial charge in [0.2, 0.25) is 0 Å². The second-order valence-corrected chi connectivity index (χ2v) is 4.89. The van der Waals surface area contributed by atoms with Crippen LogP contribution in [0.2, 0.25) is 0 Å². The van der Waals surface area contributed by atoms with Gasteiger partial charge in [-0.3, -0.25) is 0 Å². The van der Waals surface area contributed by atoms with E-state index in [4.69, 9.17) is 0 Å². The van der Waals surface area contributed by atoms with Gasteiger partial charge in [-0.05, 0) is 23.9 Å². The van der Waals surface area contributed by atoms with Crippen LogP contribution < -0.4 is 4.57 Å². The lowest BCUT2D eigenvalue weighted by Crippen LogP contribution is -2.34. The van der Waals surface area contributed by atoms with Crippen LogP contribution in [0.1, 0.15) is 0 Å². The molecule has 0 aliphatic carbocycles. The molecule has 3 nitrogen and oxygen atoms in total. The number of hydrogen-bond acceptors (Lipinski definition) is 2. The summed E-state index contributed by atoms with van der Waals surface area (Å²) in [5, 5.41) is 10.9. The van der Waals surface area contributed by atoms with E-state index in [0.717, 1.165) is 5.75 Å². The van der Waals surface area contributed by atoms with Gasteiger partial charge in [0.25, 0.3) is 0 Å². The van der Waals surface area contributed by atoms with E-state index in [1.54, 1.807) is 11.8 Å². The highest BCUT2D eigenvalue weighted by Gasteiger charge is 2.29. The molecule has 0 saturated carbocycles. The zero-order valence-electron chi connectivity index (χ0n) is 8.55. The molecule has 0 radical (unpaired) electrons. The first-order chi connectivity index (χ1) is 7.27. The van der Waals surface area contributed by atoms with Crippen LogP contribution in [0, 0.1) is 0 Å². The number of imidazole rings is 1. The highest BCUT2D eigenvalue weighted by molar-refractivity contribution is 7.99. The number of aryl methyl sites for hydroxylation is 1. The first-order valence-corrected chi connectivity index (χ1v) is 6.04. The SMILES string of the molecule is C[n+]1c2n(c3ccccc31)C[C@@H](O)CS2. The van der Waals surface area contributed by atoms with Crippen LogP contribution in [-0.4, -0.2) is 21.5 Å². The number of nitrogens with zero attached hydrogens (tertiary/aromatic N) is 2. The zero-order valence-corrected chi connectivity index (χ0v) is 9.37. The first-order valence-electron chi connectivity index (χ1n) is 5.05. The van der Waals surface area contributed by atoms with Gasteiger partial charge in [0.15, 0.2) is 11.0 Å². The Balaban J connectivity index is 2.33. The third kappa shape index (κ3) is 1.28. The minimum atomic E-state index is -0.224. The van der Waals surface area contributed by atoms with E-state index >= 15 is 0 Å². The molecule has 1 atom stereocenters. The van der Waals surface area contributed by atoms with Crippen LogP contribution in [0.4, 0.5) is 0 Å². The molecular formula is C11H13N2OS+. The van der Waals surface area contributed by atoms with E-state index in [0.29, 0.717) is 6.54 Å². The maximum Gasteiger partial charge on any atom is 0.318 e. The Morgan fingerprint density at radius 3 is 3.13 bits per heavy atom. The molecule has 3 rings (SSSR count). The van der Waals surface area contributed by atoms with Crippen molar-refractivity contribution in [2.45, 2.75) is 17.8 Å². The summed E-state index contributed by atoms with van der Waals surface area (Å²) in [5.41, 5.74) is 2.44. The number of rotatable bonds is 0. The number of para-hydroxylation sites is 2. The summed E-state index contributed by atoms with van der Waals surface area (Å²) in [6.07, 6.45) is -0.224. The zero-order chi connectivity index (χ0) is 10.4. The number of hydrogen-bond donors (Lipinski definition) is 1. The summed E-state index contributed by atoms with van der Waals surface area (Å²) < 4.78 is 4.40. The van der Waals surface area contributed by atoms with Crippen molar-refractivity contribution in [3.63, 3.8) is 0 Å². The molecule has 2 aromatic rings. The van der Waals surface area contributed by atoms with Crippen molar-refractivity contribution in [1.82, 2.24) is 4.57 Å². The number of fused-ring (bicyclic) bond motifs is 3. The van der Waals surface area contributed by atoms with Gasteiger partial charge in [0, 0.05) is 5.75 Å². The van der Waals surface area contributed by atoms with Crippen molar-refractivity contribution in [1.29, 1.82) is 0 Å². The van der Waals surface area contributed by atoms with Gasteiger partial charge in [-0.1, -0.05) is 12.1 Å². The van der Waals surface area contributed by atoms with E-state index in [1.807, 2.05) is 6.07 Å². The normalized spacial score (nSPS) is 20.5. The average Bonchev–Trinajstić information content (AvgIpc) is 2.54.